The highest BCUT2D eigenvalue weighted by Crippen LogP contribution is 2.44. The average molecular weight is 550 g/mol. The Hall–Kier alpha value is -3.16. The Labute approximate surface area is 219 Å². The van der Waals surface area contributed by atoms with Gasteiger partial charge in [-0.3, -0.25) is 0 Å². The van der Waals surface area contributed by atoms with E-state index in [2.05, 4.69) is 40.2 Å². The van der Waals surface area contributed by atoms with E-state index in [0.717, 1.165) is 10.0 Å². The molecule has 6 nitrogen and oxygen atoms in total. The van der Waals surface area contributed by atoms with Gasteiger partial charge in [0.05, 0.1) is 5.60 Å². The van der Waals surface area contributed by atoms with Gasteiger partial charge in [-0.25, -0.2) is 9.59 Å². The van der Waals surface area contributed by atoms with Crippen molar-refractivity contribution in [1.29, 1.82) is 0 Å². The van der Waals surface area contributed by atoms with Crippen LogP contribution in [0.3, 0.4) is 0 Å². The van der Waals surface area contributed by atoms with Crippen LogP contribution in [0.15, 0.2) is 77.3 Å². The molecule has 1 unspecified atom stereocenters. The number of fused-ring (bicyclic) bond motifs is 3. The quantitative estimate of drug-likeness (QED) is 0.397. The Balaban J connectivity index is 1.29. The number of amides is 1. The molecule has 1 saturated heterocycles. The van der Waals surface area contributed by atoms with Gasteiger partial charge in [0, 0.05) is 23.5 Å². The van der Waals surface area contributed by atoms with E-state index >= 15 is 0 Å². The number of rotatable bonds is 6. The summed E-state index contributed by atoms with van der Waals surface area (Å²) in [4.78, 5) is 26.2. The van der Waals surface area contributed by atoms with Crippen LogP contribution in [0.1, 0.15) is 41.9 Å². The van der Waals surface area contributed by atoms with Gasteiger partial charge in [-0.1, -0.05) is 76.6 Å². The van der Waals surface area contributed by atoms with Crippen LogP contribution in [0.25, 0.3) is 11.1 Å². The molecule has 3 aromatic carbocycles. The number of carbonyl (C=O) groups is 2. The number of carboxylic acid groups (broad SMARTS) is 1. The first-order valence-electron chi connectivity index (χ1n) is 12.2. The van der Waals surface area contributed by atoms with Crippen molar-refractivity contribution >= 4 is 28.0 Å². The molecule has 5 rings (SSSR count). The first kappa shape index (κ1) is 24.5. The van der Waals surface area contributed by atoms with E-state index in [1.807, 2.05) is 48.5 Å². The molecule has 0 bridgehead atoms. The van der Waals surface area contributed by atoms with E-state index < -0.39 is 18.2 Å². The molecule has 1 atom stereocenters. The lowest BCUT2D eigenvalue weighted by Crippen LogP contribution is -2.36. The number of benzene rings is 3. The molecule has 36 heavy (non-hydrogen) atoms. The molecule has 1 aliphatic carbocycles. The lowest BCUT2D eigenvalue weighted by Gasteiger charge is -2.33. The molecule has 1 N–H and O–H groups in total. The lowest BCUT2D eigenvalue weighted by atomic mass is 9.86. The van der Waals surface area contributed by atoms with Crippen LogP contribution in [-0.2, 0) is 19.9 Å². The van der Waals surface area contributed by atoms with Crippen molar-refractivity contribution in [2.45, 2.75) is 30.8 Å². The molecular formula is C29H28BrNO5. The van der Waals surface area contributed by atoms with Crippen molar-refractivity contribution < 1.29 is 24.2 Å². The molecule has 3 aromatic rings. The molecule has 1 amide bonds. The Morgan fingerprint density at radius 3 is 2.31 bits per heavy atom. The van der Waals surface area contributed by atoms with Gasteiger partial charge in [0.15, 0.2) is 0 Å². The summed E-state index contributed by atoms with van der Waals surface area (Å²) >= 11 is 3.51. The standard InChI is InChI=1S/C29H28BrNO5/c30-21-8-5-7-20(17-21)29(36-19-27(32)33)13-6-15-31(16-14-29)28(34)35-18-26-24-11-3-1-9-22(24)23-10-2-4-12-25(23)26/h1-5,7-12,17,26H,6,13-16,18-19H2,(H,32,33). The minimum Gasteiger partial charge on any atom is -0.480 e. The van der Waals surface area contributed by atoms with Crippen molar-refractivity contribution in [3.8, 4) is 11.1 Å². The van der Waals surface area contributed by atoms with Gasteiger partial charge in [-0.2, -0.15) is 0 Å². The summed E-state index contributed by atoms with van der Waals surface area (Å²) in [6.45, 7) is 0.832. The number of aliphatic carboxylic acids is 1. The van der Waals surface area contributed by atoms with Crippen molar-refractivity contribution in [1.82, 2.24) is 4.90 Å². The van der Waals surface area contributed by atoms with E-state index in [1.54, 1.807) is 4.90 Å². The number of ether oxygens (including phenoxy) is 2. The van der Waals surface area contributed by atoms with Gasteiger partial charge in [0.25, 0.3) is 0 Å². The Morgan fingerprint density at radius 2 is 1.64 bits per heavy atom. The van der Waals surface area contributed by atoms with E-state index in [4.69, 9.17) is 9.47 Å². The van der Waals surface area contributed by atoms with E-state index in [9.17, 15) is 14.7 Å². The van der Waals surface area contributed by atoms with Gasteiger partial charge in [0.2, 0.25) is 0 Å². The molecule has 1 heterocycles. The highest BCUT2D eigenvalue weighted by Gasteiger charge is 2.38. The monoisotopic (exact) mass is 549 g/mol. The van der Waals surface area contributed by atoms with Crippen LogP contribution in [-0.4, -0.2) is 48.4 Å². The largest absolute Gasteiger partial charge is 0.480 e. The minimum atomic E-state index is -1.01. The third-order valence-electron chi connectivity index (χ3n) is 7.21. The number of nitrogens with zero attached hydrogens (tertiary/aromatic N) is 1. The molecule has 0 aromatic heterocycles. The Kier molecular flexibility index (Phi) is 7.12. The van der Waals surface area contributed by atoms with E-state index in [-0.39, 0.29) is 18.6 Å². The maximum absolute atomic E-state index is 13.2. The predicted molar refractivity (Wildman–Crippen MR) is 140 cm³/mol. The minimum absolute atomic E-state index is 0.00740. The van der Waals surface area contributed by atoms with Crippen LogP contribution in [0.2, 0.25) is 0 Å². The van der Waals surface area contributed by atoms with Crippen LogP contribution in [0, 0.1) is 0 Å². The number of halogens is 1. The summed E-state index contributed by atoms with van der Waals surface area (Å²) in [5, 5.41) is 9.27. The van der Waals surface area contributed by atoms with Gasteiger partial charge in [-0.05, 0) is 59.2 Å². The molecule has 7 heteroatoms. The van der Waals surface area contributed by atoms with Crippen LogP contribution < -0.4 is 0 Å². The maximum atomic E-state index is 13.2. The number of carboxylic acids is 1. The smallest absolute Gasteiger partial charge is 0.409 e. The van der Waals surface area contributed by atoms with Gasteiger partial charge in [0.1, 0.15) is 13.2 Å². The Bertz CT molecular complexity index is 1230. The summed E-state index contributed by atoms with van der Waals surface area (Å²) in [5.74, 6) is -1.00. The van der Waals surface area contributed by atoms with Crippen molar-refractivity contribution in [2.75, 3.05) is 26.3 Å². The fourth-order valence-electron chi connectivity index (χ4n) is 5.46. The third-order valence-corrected chi connectivity index (χ3v) is 7.70. The second kappa shape index (κ2) is 10.4. The summed E-state index contributed by atoms with van der Waals surface area (Å²) in [6, 6.07) is 24.3. The van der Waals surface area contributed by atoms with Crippen molar-refractivity contribution in [2.24, 2.45) is 0 Å². The molecule has 2 aliphatic rings. The Morgan fingerprint density at radius 1 is 0.944 bits per heavy atom. The highest BCUT2D eigenvalue weighted by molar-refractivity contribution is 9.10. The SMILES string of the molecule is O=C(O)COC1(c2cccc(Br)c2)CCCN(C(=O)OCC2c3ccccc3-c3ccccc32)CC1. The van der Waals surface area contributed by atoms with Crippen molar-refractivity contribution in [3.63, 3.8) is 0 Å². The second-order valence-corrected chi connectivity index (χ2v) is 10.2. The molecule has 0 radical (unpaired) electrons. The van der Waals surface area contributed by atoms with Gasteiger partial charge >= 0.3 is 12.1 Å². The molecular weight excluding hydrogens is 522 g/mol. The molecule has 186 valence electrons. The van der Waals surface area contributed by atoms with Gasteiger partial charge in [-0.15, -0.1) is 0 Å². The zero-order valence-corrected chi connectivity index (χ0v) is 21.4. The summed E-state index contributed by atoms with van der Waals surface area (Å²) in [5.41, 5.74) is 4.88. The number of carbonyl (C=O) groups excluding carboxylic acids is 1. The average Bonchev–Trinajstić information content (AvgIpc) is 3.04. The fourth-order valence-corrected chi connectivity index (χ4v) is 5.86. The van der Waals surface area contributed by atoms with E-state index in [0.29, 0.717) is 32.4 Å². The summed E-state index contributed by atoms with van der Waals surface area (Å²) < 4.78 is 12.8. The second-order valence-electron chi connectivity index (χ2n) is 9.33. The maximum Gasteiger partial charge on any atom is 0.409 e. The zero-order valence-electron chi connectivity index (χ0n) is 19.9. The van der Waals surface area contributed by atoms with Gasteiger partial charge < -0.3 is 19.5 Å². The third kappa shape index (κ3) is 4.90. The van der Waals surface area contributed by atoms with Crippen LogP contribution >= 0.6 is 15.9 Å². The lowest BCUT2D eigenvalue weighted by molar-refractivity contribution is -0.151. The molecule has 0 spiro atoms. The molecule has 1 aliphatic heterocycles. The summed E-state index contributed by atoms with van der Waals surface area (Å²) in [6.07, 6.45) is 1.43. The fraction of sp³-hybridized carbons (Fsp3) is 0.310. The topological polar surface area (TPSA) is 76.1 Å². The number of hydrogen-bond donors (Lipinski definition) is 1. The number of hydrogen-bond acceptors (Lipinski definition) is 4. The van der Waals surface area contributed by atoms with E-state index in [1.165, 1.54) is 22.3 Å². The van der Waals surface area contributed by atoms with Crippen LogP contribution in [0.5, 0.6) is 0 Å². The van der Waals surface area contributed by atoms with Crippen molar-refractivity contribution in [3.05, 3.63) is 94.0 Å². The normalized spacial score (nSPS) is 19.3. The molecule has 1 fully saturated rings. The summed E-state index contributed by atoms with van der Waals surface area (Å²) in [7, 11) is 0. The number of likely N-dealkylation sites (tertiary alicyclic amines) is 1. The highest BCUT2D eigenvalue weighted by atomic mass is 79.9. The first-order valence-corrected chi connectivity index (χ1v) is 13.0. The predicted octanol–water partition coefficient (Wildman–Crippen LogP) is 6.18. The first-order chi connectivity index (χ1) is 17.5. The molecule has 0 saturated carbocycles. The zero-order chi connectivity index (χ0) is 25.1. The van der Waals surface area contributed by atoms with Crippen LogP contribution in [0.4, 0.5) is 4.79 Å².